The lowest BCUT2D eigenvalue weighted by Gasteiger charge is -2.09. The van der Waals surface area contributed by atoms with Crippen molar-refractivity contribution in [3.05, 3.63) is 25.6 Å². The summed E-state index contributed by atoms with van der Waals surface area (Å²) in [6.07, 6.45) is 0.639. The summed E-state index contributed by atoms with van der Waals surface area (Å²) >= 11 is 10.2. The van der Waals surface area contributed by atoms with Crippen LogP contribution in [0.2, 0.25) is 0 Å². The zero-order chi connectivity index (χ0) is 10.6. The van der Waals surface area contributed by atoms with Crippen molar-refractivity contribution >= 4 is 47.8 Å². The van der Waals surface area contributed by atoms with Gasteiger partial charge in [0.2, 0.25) is 0 Å². The van der Waals surface area contributed by atoms with Crippen molar-refractivity contribution in [1.82, 2.24) is 0 Å². The zero-order valence-corrected chi connectivity index (χ0v) is 12.0. The fourth-order valence-corrected chi connectivity index (χ4v) is 2.25. The van der Waals surface area contributed by atoms with E-state index in [1.165, 1.54) is 0 Å². The van der Waals surface area contributed by atoms with E-state index in [0.29, 0.717) is 13.0 Å². The lowest BCUT2D eigenvalue weighted by molar-refractivity contribution is 0.233. The number of hydrogen-bond donors (Lipinski definition) is 1. The van der Waals surface area contributed by atoms with Gasteiger partial charge in [0, 0.05) is 22.0 Å². The van der Waals surface area contributed by atoms with Crippen LogP contribution in [0.4, 0.5) is 0 Å². The van der Waals surface area contributed by atoms with Crippen molar-refractivity contribution in [1.29, 1.82) is 0 Å². The van der Waals surface area contributed by atoms with Crippen molar-refractivity contribution in [2.45, 2.75) is 6.42 Å². The minimum Gasteiger partial charge on any atom is -0.492 e. The van der Waals surface area contributed by atoms with Crippen LogP contribution in [0.3, 0.4) is 0 Å². The molecule has 0 aliphatic carbocycles. The molecule has 14 heavy (non-hydrogen) atoms. The number of rotatable bonds is 4. The van der Waals surface area contributed by atoms with Crippen LogP contribution in [0.25, 0.3) is 0 Å². The predicted molar refractivity (Wildman–Crippen MR) is 66.7 cm³/mol. The first kappa shape index (κ1) is 12.5. The third-order valence-electron chi connectivity index (χ3n) is 1.56. The van der Waals surface area contributed by atoms with E-state index in [0.717, 1.165) is 19.2 Å². The number of hydrogen-bond acceptors (Lipinski definition) is 2. The van der Waals surface area contributed by atoms with Crippen LogP contribution in [0.1, 0.15) is 6.42 Å². The number of benzene rings is 1. The molecule has 0 aliphatic heterocycles. The molecule has 0 aromatic heterocycles. The molecule has 5 heteroatoms. The van der Waals surface area contributed by atoms with E-state index in [1.807, 2.05) is 12.1 Å². The second kappa shape index (κ2) is 6.10. The smallest absolute Gasteiger partial charge is 0.134 e. The van der Waals surface area contributed by atoms with E-state index in [4.69, 9.17) is 9.84 Å². The molecule has 0 radical (unpaired) electrons. The minimum absolute atomic E-state index is 0.148. The summed E-state index contributed by atoms with van der Waals surface area (Å²) in [7, 11) is 0. The molecule has 0 amide bonds. The van der Waals surface area contributed by atoms with E-state index in [9.17, 15) is 0 Å². The van der Waals surface area contributed by atoms with E-state index >= 15 is 0 Å². The minimum atomic E-state index is 0.148. The highest BCUT2D eigenvalue weighted by Gasteiger charge is 2.07. The van der Waals surface area contributed by atoms with Gasteiger partial charge < -0.3 is 9.84 Å². The quantitative estimate of drug-likeness (QED) is 0.629. The average Bonchev–Trinajstić information content (AvgIpc) is 2.18. The Morgan fingerprint density at radius 3 is 2.50 bits per heavy atom. The highest BCUT2D eigenvalue weighted by atomic mass is 79.9. The van der Waals surface area contributed by atoms with Crippen molar-refractivity contribution in [2.24, 2.45) is 0 Å². The molecule has 1 rings (SSSR count). The molecule has 1 aromatic rings. The summed E-state index contributed by atoms with van der Waals surface area (Å²) in [6.45, 7) is 0.665. The summed E-state index contributed by atoms with van der Waals surface area (Å²) in [5.74, 6) is 0.772. The Morgan fingerprint density at radius 2 is 1.86 bits per heavy atom. The van der Waals surface area contributed by atoms with Gasteiger partial charge in [-0.3, -0.25) is 0 Å². The molecule has 1 N–H and O–H groups in total. The van der Waals surface area contributed by atoms with E-state index in [1.54, 1.807) is 0 Å². The van der Waals surface area contributed by atoms with Crippen LogP contribution in [0, 0.1) is 0 Å². The largest absolute Gasteiger partial charge is 0.492 e. The Kier molecular flexibility index (Phi) is 5.44. The Balaban J connectivity index is 2.73. The number of aliphatic hydroxyl groups is 1. The maximum Gasteiger partial charge on any atom is 0.134 e. The third kappa shape index (κ3) is 3.22. The molecule has 0 saturated heterocycles. The molecule has 0 heterocycles. The van der Waals surface area contributed by atoms with Crippen LogP contribution in [-0.2, 0) is 0 Å². The highest BCUT2D eigenvalue weighted by molar-refractivity contribution is 9.14. The normalized spacial score (nSPS) is 10.3. The Hall–Kier alpha value is 0.420. The van der Waals surface area contributed by atoms with Crippen LogP contribution in [0.5, 0.6) is 5.75 Å². The number of ether oxygens (including phenoxy) is 1. The van der Waals surface area contributed by atoms with E-state index in [-0.39, 0.29) is 6.61 Å². The summed E-state index contributed by atoms with van der Waals surface area (Å²) < 4.78 is 8.24. The molecule has 0 atom stereocenters. The molecule has 0 spiro atoms. The summed E-state index contributed by atoms with van der Waals surface area (Å²) in [4.78, 5) is 0. The van der Waals surface area contributed by atoms with Crippen LogP contribution in [0.15, 0.2) is 25.6 Å². The van der Waals surface area contributed by atoms with Crippen LogP contribution < -0.4 is 4.74 Å². The fraction of sp³-hybridized carbons (Fsp3) is 0.333. The Bertz CT molecular complexity index is 315. The summed E-state index contributed by atoms with van der Waals surface area (Å²) in [5.41, 5.74) is 0. The Morgan fingerprint density at radius 1 is 1.14 bits per heavy atom. The first-order valence-corrected chi connectivity index (χ1v) is 6.42. The van der Waals surface area contributed by atoms with E-state index < -0.39 is 0 Å². The van der Waals surface area contributed by atoms with E-state index in [2.05, 4.69) is 47.8 Å². The standard InChI is InChI=1S/C9H9Br3O2/c10-6-2-3-7(9(12)8(6)11)14-5-1-4-13/h2-3,13H,1,4-5H2. The van der Waals surface area contributed by atoms with Crippen LogP contribution >= 0.6 is 47.8 Å². The van der Waals surface area contributed by atoms with Gasteiger partial charge in [0.15, 0.2) is 0 Å². The number of aliphatic hydroxyl groups excluding tert-OH is 1. The monoisotopic (exact) mass is 386 g/mol. The maximum atomic E-state index is 8.60. The molecule has 0 unspecified atom stereocenters. The van der Waals surface area contributed by atoms with Gasteiger partial charge in [-0.15, -0.1) is 0 Å². The summed E-state index contributed by atoms with van der Waals surface area (Å²) in [6, 6.07) is 3.78. The van der Waals surface area contributed by atoms with Crippen LogP contribution in [-0.4, -0.2) is 18.3 Å². The lowest BCUT2D eigenvalue weighted by atomic mass is 10.3. The van der Waals surface area contributed by atoms with Crippen molar-refractivity contribution in [3.8, 4) is 5.75 Å². The topological polar surface area (TPSA) is 29.5 Å². The van der Waals surface area contributed by atoms with Gasteiger partial charge in [-0.25, -0.2) is 0 Å². The second-order valence-corrected chi connectivity index (χ2v) is 5.04. The predicted octanol–water partition coefficient (Wildman–Crippen LogP) is 3.74. The van der Waals surface area contributed by atoms with Crippen molar-refractivity contribution in [3.63, 3.8) is 0 Å². The lowest BCUT2D eigenvalue weighted by Crippen LogP contribution is -2.00. The molecule has 1 aromatic carbocycles. The second-order valence-electron chi connectivity index (χ2n) is 2.60. The van der Waals surface area contributed by atoms with Gasteiger partial charge in [0.25, 0.3) is 0 Å². The van der Waals surface area contributed by atoms with Gasteiger partial charge in [-0.05, 0) is 59.9 Å². The molecule has 0 aliphatic rings. The maximum absolute atomic E-state index is 8.60. The third-order valence-corrected chi connectivity index (χ3v) is 4.90. The van der Waals surface area contributed by atoms with Crippen molar-refractivity contribution < 1.29 is 9.84 Å². The van der Waals surface area contributed by atoms with Gasteiger partial charge in [-0.1, -0.05) is 0 Å². The molecular weight excluding hydrogens is 380 g/mol. The SMILES string of the molecule is OCCCOc1ccc(Br)c(Br)c1Br. The fourth-order valence-electron chi connectivity index (χ4n) is 0.866. The zero-order valence-electron chi connectivity index (χ0n) is 7.27. The van der Waals surface area contributed by atoms with Crippen molar-refractivity contribution in [2.75, 3.05) is 13.2 Å². The molecule has 78 valence electrons. The molecule has 0 saturated carbocycles. The molecule has 0 bridgehead atoms. The van der Waals surface area contributed by atoms with Gasteiger partial charge >= 0.3 is 0 Å². The highest BCUT2D eigenvalue weighted by Crippen LogP contribution is 2.37. The average molecular weight is 389 g/mol. The molecular formula is C9H9Br3O2. The summed E-state index contributed by atoms with van der Waals surface area (Å²) in [5, 5.41) is 8.60. The molecule has 0 fully saturated rings. The van der Waals surface area contributed by atoms with Gasteiger partial charge in [-0.2, -0.15) is 0 Å². The first-order valence-electron chi connectivity index (χ1n) is 4.04. The molecule has 2 nitrogen and oxygen atoms in total. The first-order chi connectivity index (χ1) is 6.66. The number of halogens is 3. The Labute approximate surface area is 108 Å². The van der Waals surface area contributed by atoms with Gasteiger partial charge in [0.1, 0.15) is 5.75 Å². The van der Waals surface area contributed by atoms with Gasteiger partial charge in [0.05, 0.1) is 11.1 Å².